The predicted molar refractivity (Wildman–Crippen MR) is 108 cm³/mol. The van der Waals surface area contributed by atoms with Gasteiger partial charge in [-0.05, 0) is 50.2 Å². The average molecular weight is 400 g/mol. The summed E-state index contributed by atoms with van der Waals surface area (Å²) in [6.07, 6.45) is 2.46. The second-order valence-corrected chi connectivity index (χ2v) is 6.72. The van der Waals surface area contributed by atoms with Crippen LogP contribution in [0.4, 0.5) is 11.4 Å². The first-order valence-corrected chi connectivity index (χ1v) is 9.39. The lowest BCUT2D eigenvalue weighted by atomic mass is 10.0. The smallest absolute Gasteiger partial charge is 0.338 e. The Labute approximate surface area is 168 Å². The molecule has 29 heavy (non-hydrogen) atoms. The van der Waals surface area contributed by atoms with Gasteiger partial charge >= 0.3 is 11.9 Å². The first kappa shape index (κ1) is 20.5. The molecule has 2 aromatic rings. The Balaban J connectivity index is 1.76. The summed E-state index contributed by atoms with van der Waals surface area (Å²) in [4.78, 5) is 25.3. The summed E-state index contributed by atoms with van der Waals surface area (Å²) in [5.74, 6) is -1.53. The fourth-order valence-corrected chi connectivity index (χ4v) is 3.37. The van der Waals surface area contributed by atoms with Crippen molar-refractivity contribution in [2.45, 2.75) is 12.8 Å². The molecule has 1 aliphatic heterocycles. The lowest BCUT2D eigenvalue weighted by molar-refractivity contribution is 0.0652. The lowest BCUT2D eigenvalue weighted by Gasteiger charge is -2.17. The molecule has 0 saturated carbocycles. The van der Waals surface area contributed by atoms with Crippen molar-refractivity contribution in [2.75, 3.05) is 38.7 Å². The van der Waals surface area contributed by atoms with E-state index in [4.69, 9.17) is 9.47 Å². The van der Waals surface area contributed by atoms with Gasteiger partial charge in [-0.1, -0.05) is 6.07 Å². The van der Waals surface area contributed by atoms with Gasteiger partial charge in [0.05, 0.1) is 29.6 Å². The summed E-state index contributed by atoms with van der Waals surface area (Å²) in [6.45, 7) is 3.65. The number of carboxylic acid groups (broad SMARTS) is 2. The van der Waals surface area contributed by atoms with Gasteiger partial charge in [0.25, 0.3) is 0 Å². The highest BCUT2D eigenvalue weighted by atomic mass is 16.5. The van der Waals surface area contributed by atoms with Crippen molar-refractivity contribution in [1.29, 1.82) is 0 Å². The molecule has 8 heteroatoms. The number of anilines is 2. The van der Waals surface area contributed by atoms with Crippen LogP contribution in [0.1, 0.15) is 33.6 Å². The zero-order valence-electron chi connectivity index (χ0n) is 16.2. The largest absolute Gasteiger partial charge is 0.494 e. The highest BCUT2D eigenvalue weighted by Crippen LogP contribution is 2.33. The predicted octanol–water partition coefficient (Wildman–Crippen LogP) is 3.31. The summed E-state index contributed by atoms with van der Waals surface area (Å²) in [7, 11) is 1.50. The summed E-state index contributed by atoms with van der Waals surface area (Å²) in [6, 6.07) is 9.44. The molecule has 1 aliphatic rings. The second-order valence-electron chi connectivity index (χ2n) is 6.72. The molecule has 1 fully saturated rings. The normalized spacial score (nSPS) is 13.8. The molecule has 0 amide bonds. The van der Waals surface area contributed by atoms with Crippen LogP contribution >= 0.6 is 0 Å². The Hall–Kier alpha value is -3.26. The molecule has 0 atom stereocenters. The Morgan fingerprint density at radius 2 is 1.83 bits per heavy atom. The van der Waals surface area contributed by atoms with Crippen LogP contribution in [0, 0.1) is 0 Å². The summed E-state index contributed by atoms with van der Waals surface area (Å²) < 4.78 is 11.2. The molecule has 0 unspecified atom stereocenters. The van der Waals surface area contributed by atoms with Crippen molar-refractivity contribution < 1.29 is 29.3 Å². The number of carboxylic acids is 2. The van der Waals surface area contributed by atoms with Gasteiger partial charge in [0, 0.05) is 12.6 Å². The van der Waals surface area contributed by atoms with Crippen molar-refractivity contribution in [2.24, 2.45) is 0 Å². The fraction of sp³-hybridized carbons (Fsp3) is 0.333. The summed E-state index contributed by atoms with van der Waals surface area (Å²) in [5, 5.41) is 21.7. The Morgan fingerprint density at radius 1 is 1.07 bits per heavy atom. The molecule has 3 N–H and O–H groups in total. The Bertz CT molecular complexity index is 893. The highest BCUT2D eigenvalue weighted by molar-refractivity contribution is 6.06. The molecule has 1 heterocycles. The van der Waals surface area contributed by atoms with Crippen molar-refractivity contribution in [3.63, 3.8) is 0 Å². The molecule has 0 aromatic heterocycles. The number of hydrogen-bond acceptors (Lipinski definition) is 6. The molecule has 8 nitrogen and oxygen atoms in total. The van der Waals surface area contributed by atoms with E-state index in [1.165, 1.54) is 38.2 Å². The quantitative estimate of drug-likeness (QED) is 0.588. The van der Waals surface area contributed by atoms with E-state index in [-0.39, 0.29) is 16.8 Å². The lowest BCUT2D eigenvalue weighted by Crippen LogP contribution is -2.25. The zero-order valence-corrected chi connectivity index (χ0v) is 16.2. The minimum atomic E-state index is -1.33. The zero-order chi connectivity index (χ0) is 20.8. The van der Waals surface area contributed by atoms with Crippen LogP contribution in [-0.2, 0) is 0 Å². The van der Waals surface area contributed by atoms with Crippen molar-refractivity contribution in [3.05, 3.63) is 47.5 Å². The van der Waals surface area contributed by atoms with Gasteiger partial charge in [-0.25, -0.2) is 9.59 Å². The van der Waals surface area contributed by atoms with E-state index in [9.17, 15) is 19.8 Å². The average Bonchev–Trinajstić information content (AvgIpc) is 3.22. The molecule has 0 bridgehead atoms. The molecule has 0 radical (unpaired) electrons. The summed E-state index contributed by atoms with van der Waals surface area (Å²) in [5.41, 5.74) is 0.0687. The van der Waals surface area contributed by atoms with Gasteiger partial charge in [0.1, 0.15) is 18.1 Å². The standard InChI is InChI=1S/C21H24N2O6/c1-28-18-13-14(29-12-11-23-9-2-3-10-23)7-8-16(18)22-17-6-4-5-15(20(24)25)19(17)21(26)27/h4-8,13,22H,2-3,9-12H2,1H3,(H,24,25)(H,26,27). The number of ether oxygens (including phenoxy) is 2. The topological polar surface area (TPSA) is 108 Å². The monoisotopic (exact) mass is 400 g/mol. The third-order valence-corrected chi connectivity index (χ3v) is 4.83. The molecular formula is C21H24N2O6. The van der Waals surface area contributed by atoms with Gasteiger partial charge in [-0.2, -0.15) is 0 Å². The SMILES string of the molecule is COc1cc(OCCN2CCCC2)ccc1Nc1cccc(C(=O)O)c1C(=O)O. The number of carbonyl (C=O) groups is 2. The van der Waals surface area contributed by atoms with E-state index in [1.54, 1.807) is 18.2 Å². The van der Waals surface area contributed by atoms with Gasteiger partial charge in [-0.3, -0.25) is 4.90 Å². The number of nitrogens with zero attached hydrogens (tertiary/aromatic N) is 1. The molecule has 3 rings (SSSR count). The van der Waals surface area contributed by atoms with Crippen molar-refractivity contribution >= 4 is 23.3 Å². The number of hydrogen-bond donors (Lipinski definition) is 3. The van der Waals surface area contributed by atoms with E-state index in [1.807, 2.05) is 0 Å². The Kier molecular flexibility index (Phi) is 6.56. The summed E-state index contributed by atoms with van der Waals surface area (Å²) >= 11 is 0. The number of aromatic carboxylic acids is 2. The van der Waals surface area contributed by atoms with Crippen LogP contribution in [-0.4, -0.2) is 60.4 Å². The van der Waals surface area contributed by atoms with Crippen LogP contribution in [0.15, 0.2) is 36.4 Å². The first-order valence-electron chi connectivity index (χ1n) is 9.39. The molecule has 0 aliphatic carbocycles. The van der Waals surface area contributed by atoms with Gasteiger partial charge in [0.2, 0.25) is 0 Å². The third-order valence-electron chi connectivity index (χ3n) is 4.83. The van der Waals surface area contributed by atoms with Crippen LogP contribution in [0.5, 0.6) is 11.5 Å². The molecule has 154 valence electrons. The molecular weight excluding hydrogens is 376 g/mol. The minimum absolute atomic E-state index is 0.165. The maximum absolute atomic E-state index is 11.6. The number of methoxy groups -OCH3 is 1. The van der Waals surface area contributed by atoms with Crippen LogP contribution in [0.2, 0.25) is 0 Å². The number of nitrogens with one attached hydrogen (secondary N) is 1. The van der Waals surface area contributed by atoms with Gasteiger partial charge in [0.15, 0.2) is 0 Å². The van der Waals surface area contributed by atoms with Crippen molar-refractivity contribution in [3.8, 4) is 11.5 Å². The van der Waals surface area contributed by atoms with Gasteiger partial charge in [-0.15, -0.1) is 0 Å². The highest BCUT2D eigenvalue weighted by Gasteiger charge is 2.21. The number of likely N-dealkylation sites (tertiary alicyclic amines) is 1. The first-order chi connectivity index (χ1) is 14.0. The number of benzene rings is 2. The van der Waals surface area contributed by atoms with E-state index in [0.29, 0.717) is 23.8 Å². The fourth-order valence-electron chi connectivity index (χ4n) is 3.37. The third kappa shape index (κ3) is 4.97. The van der Waals surface area contributed by atoms with Crippen LogP contribution in [0.25, 0.3) is 0 Å². The molecule has 0 spiro atoms. The van der Waals surface area contributed by atoms with Crippen LogP contribution < -0.4 is 14.8 Å². The maximum atomic E-state index is 11.6. The number of rotatable bonds is 9. The second kappa shape index (κ2) is 9.29. The van der Waals surface area contributed by atoms with E-state index >= 15 is 0 Å². The van der Waals surface area contributed by atoms with Gasteiger partial charge < -0.3 is 25.0 Å². The maximum Gasteiger partial charge on any atom is 0.338 e. The molecule has 2 aromatic carbocycles. The van der Waals surface area contributed by atoms with Crippen LogP contribution in [0.3, 0.4) is 0 Å². The van der Waals surface area contributed by atoms with E-state index in [2.05, 4.69) is 10.2 Å². The Morgan fingerprint density at radius 3 is 2.48 bits per heavy atom. The van der Waals surface area contributed by atoms with E-state index in [0.717, 1.165) is 19.6 Å². The van der Waals surface area contributed by atoms with Crippen molar-refractivity contribution in [1.82, 2.24) is 4.90 Å². The molecule has 1 saturated heterocycles. The van der Waals surface area contributed by atoms with E-state index < -0.39 is 11.9 Å². The minimum Gasteiger partial charge on any atom is -0.494 e.